The molecule has 0 bridgehead atoms. The summed E-state index contributed by atoms with van der Waals surface area (Å²) in [4.78, 5) is 12.3. The van der Waals surface area contributed by atoms with Gasteiger partial charge in [0, 0.05) is 25.0 Å². The maximum absolute atomic E-state index is 13.8. The smallest absolute Gasteiger partial charge is 0.356 e. The maximum Gasteiger partial charge on any atom is 0.421 e. The van der Waals surface area contributed by atoms with Crippen molar-refractivity contribution < 1.29 is 13.2 Å². The summed E-state index contributed by atoms with van der Waals surface area (Å²) in [7, 11) is 0. The number of benzene rings is 1. The highest BCUT2D eigenvalue weighted by Crippen LogP contribution is 2.38. The number of rotatable bonds is 9. The molecule has 1 atom stereocenters. The van der Waals surface area contributed by atoms with Crippen LogP contribution >= 0.6 is 23.2 Å². The number of halogens is 5. The normalized spacial score (nSPS) is 17.0. The van der Waals surface area contributed by atoms with E-state index < -0.39 is 11.7 Å². The minimum Gasteiger partial charge on any atom is -0.356 e. The van der Waals surface area contributed by atoms with Gasteiger partial charge in [0.1, 0.15) is 11.4 Å². The van der Waals surface area contributed by atoms with Crippen LogP contribution in [0.4, 0.5) is 30.6 Å². The molecule has 1 N–H and O–H groups in total. The van der Waals surface area contributed by atoms with Gasteiger partial charge >= 0.3 is 6.18 Å². The van der Waals surface area contributed by atoms with Crippen LogP contribution in [-0.2, 0) is 6.18 Å². The first-order valence-corrected chi connectivity index (χ1v) is 12.1. The highest BCUT2D eigenvalue weighted by molar-refractivity contribution is 6.42. The average Bonchev–Trinajstić information content (AvgIpc) is 2.79. The van der Waals surface area contributed by atoms with Crippen LogP contribution in [0.15, 0.2) is 24.4 Å². The van der Waals surface area contributed by atoms with Gasteiger partial charge in [-0.3, -0.25) is 0 Å². The Morgan fingerprint density at radius 3 is 2.61 bits per heavy atom. The molecule has 1 fully saturated rings. The zero-order valence-electron chi connectivity index (χ0n) is 18.9. The summed E-state index contributed by atoms with van der Waals surface area (Å²) in [6, 6.07) is 4.85. The third-order valence-corrected chi connectivity index (χ3v) is 6.79. The summed E-state index contributed by atoms with van der Waals surface area (Å²) in [5.41, 5.74) is -0.269. The number of piperidine rings is 1. The number of aromatic nitrogens is 2. The molecule has 1 aliphatic rings. The molecule has 182 valence electrons. The Morgan fingerprint density at radius 1 is 1.18 bits per heavy atom. The fraction of sp³-hybridized carbons (Fsp3) is 0.565. The third-order valence-electron chi connectivity index (χ3n) is 6.05. The monoisotopic (exact) mass is 503 g/mol. The van der Waals surface area contributed by atoms with Gasteiger partial charge in [0.2, 0.25) is 5.95 Å². The number of hydrogen-bond acceptors (Lipinski definition) is 5. The fourth-order valence-electron chi connectivity index (χ4n) is 4.21. The summed E-state index contributed by atoms with van der Waals surface area (Å²) >= 11 is 12.0. The first-order chi connectivity index (χ1) is 15.7. The van der Waals surface area contributed by atoms with Gasteiger partial charge in [-0.1, -0.05) is 37.0 Å². The molecule has 1 unspecified atom stereocenters. The Morgan fingerprint density at radius 2 is 1.94 bits per heavy atom. The molecule has 0 amide bonds. The molecule has 2 aromatic rings. The number of anilines is 3. The van der Waals surface area contributed by atoms with Gasteiger partial charge in [-0.2, -0.15) is 18.2 Å². The molecule has 1 aliphatic heterocycles. The van der Waals surface area contributed by atoms with E-state index >= 15 is 0 Å². The summed E-state index contributed by atoms with van der Waals surface area (Å²) in [5, 5.41) is 3.65. The van der Waals surface area contributed by atoms with Gasteiger partial charge in [0.15, 0.2) is 0 Å². The van der Waals surface area contributed by atoms with Crippen molar-refractivity contribution in [3.63, 3.8) is 0 Å². The summed E-state index contributed by atoms with van der Waals surface area (Å²) in [5.74, 6) is 0.352. The van der Waals surface area contributed by atoms with Crippen LogP contribution in [-0.4, -0.2) is 47.6 Å². The number of nitrogens with zero attached hydrogens (tertiary/aromatic N) is 4. The van der Waals surface area contributed by atoms with E-state index in [1.807, 2.05) is 0 Å². The molecular formula is C23H30Cl2F3N5. The molecule has 1 saturated heterocycles. The lowest BCUT2D eigenvalue weighted by Gasteiger charge is -2.35. The largest absolute Gasteiger partial charge is 0.421 e. The predicted molar refractivity (Wildman–Crippen MR) is 129 cm³/mol. The van der Waals surface area contributed by atoms with E-state index in [1.54, 1.807) is 23.1 Å². The number of nitrogens with one attached hydrogen (secondary N) is 1. The zero-order valence-corrected chi connectivity index (χ0v) is 20.4. The molecule has 0 aliphatic carbocycles. The van der Waals surface area contributed by atoms with Crippen LogP contribution in [0.25, 0.3) is 0 Å². The van der Waals surface area contributed by atoms with Gasteiger partial charge < -0.3 is 15.1 Å². The lowest BCUT2D eigenvalue weighted by molar-refractivity contribution is -0.137. The van der Waals surface area contributed by atoms with E-state index in [2.05, 4.69) is 34.0 Å². The Balaban J connectivity index is 1.77. The highest BCUT2D eigenvalue weighted by atomic mass is 35.5. The van der Waals surface area contributed by atoms with Crippen molar-refractivity contribution >= 4 is 40.7 Å². The van der Waals surface area contributed by atoms with Crippen molar-refractivity contribution in [3.8, 4) is 0 Å². The minimum absolute atomic E-state index is 0.0755. The summed E-state index contributed by atoms with van der Waals surface area (Å²) in [6.07, 6.45) is 0.218. The SMILES string of the molecule is CCN(CC)CCCC1CCCN(c2nc(Nc3ccc(Cl)c(Cl)c3)ncc2C(F)(F)F)C1. The molecule has 2 heterocycles. The van der Waals surface area contributed by atoms with Gasteiger partial charge in [0.25, 0.3) is 0 Å². The van der Waals surface area contributed by atoms with Crippen molar-refractivity contribution in [2.75, 3.05) is 42.9 Å². The van der Waals surface area contributed by atoms with Crippen LogP contribution in [0.3, 0.4) is 0 Å². The van der Waals surface area contributed by atoms with Gasteiger partial charge in [-0.25, -0.2) is 4.98 Å². The first-order valence-electron chi connectivity index (χ1n) is 11.3. The van der Waals surface area contributed by atoms with Crippen molar-refractivity contribution in [2.24, 2.45) is 5.92 Å². The predicted octanol–water partition coefficient (Wildman–Crippen LogP) is 6.88. The van der Waals surface area contributed by atoms with E-state index in [0.717, 1.165) is 51.5 Å². The van der Waals surface area contributed by atoms with Crippen LogP contribution in [0.1, 0.15) is 45.1 Å². The molecule has 33 heavy (non-hydrogen) atoms. The quantitative estimate of drug-likeness (QED) is 0.403. The minimum atomic E-state index is -4.53. The van der Waals surface area contributed by atoms with Crippen molar-refractivity contribution in [2.45, 2.75) is 45.7 Å². The van der Waals surface area contributed by atoms with Crippen molar-refractivity contribution in [1.82, 2.24) is 14.9 Å². The molecule has 0 spiro atoms. The van der Waals surface area contributed by atoms with E-state index in [9.17, 15) is 13.2 Å². The van der Waals surface area contributed by atoms with E-state index in [1.165, 1.54) is 0 Å². The van der Waals surface area contributed by atoms with Crippen LogP contribution in [0.5, 0.6) is 0 Å². The second kappa shape index (κ2) is 11.6. The number of alkyl halides is 3. The van der Waals surface area contributed by atoms with Crippen LogP contribution in [0, 0.1) is 5.92 Å². The fourth-order valence-corrected chi connectivity index (χ4v) is 4.51. The van der Waals surface area contributed by atoms with Gasteiger partial charge in [-0.05, 0) is 69.4 Å². The number of hydrogen-bond donors (Lipinski definition) is 1. The lowest BCUT2D eigenvalue weighted by atomic mass is 9.93. The standard InChI is InChI=1S/C23H30Cl2F3N5/c1-3-32(4-2)11-5-7-16-8-6-12-33(15-16)21-18(23(26,27)28)14-29-22(31-21)30-17-9-10-19(24)20(25)13-17/h9-10,13-14,16H,3-8,11-12,15H2,1-2H3,(H,29,30,31). The molecule has 3 rings (SSSR count). The highest BCUT2D eigenvalue weighted by Gasteiger charge is 2.37. The molecule has 1 aromatic heterocycles. The Labute approximate surface area is 203 Å². The third kappa shape index (κ3) is 7.11. The van der Waals surface area contributed by atoms with Crippen molar-refractivity contribution in [3.05, 3.63) is 40.0 Å². The lowest BCUT2D eigenvalue weighted by Crippen LogP contribution is -2.37. The Bertz CT molecular complexity index is 921. The van der Waals surface area contributed by atoms with Crippen LogP contribution in [0.2, 0.25) is 10.0 Å². The molecule has 5 nitrogen and oxygen atoms in total. The van der Waals surface area contributed by atoms with E-state index in [-0.39, 0.29) is 11.8 Å². The molecular weight excluding hydrogens is 474 g/mol. The second-order valence-corrected chi connectivity index (χ2v) is 9.12. The second-order valence-electron chi connectivity index (χ2n) is 8.31. The first kappa shape index (κ1) is 25.8. The molecule has 1 aromatic carbocycles. The maximum atomic E-state index is 13.8. The molecule has 0 radical (unpaired) electrons. The van der Waals surface area contributed by atoms with Crippen molar-refractivity contribution in [1.29, 1.82) is 0 Å². The Hall–Kier alpha value is -1.77. The zero-order chi connectivity index (χ0) is 24.0. The van der Waals surface area contributed by atoms with Gasteiger partial charge in [0.05, 0.1) is 10.0 Å². The van der Waals surface area contributed by atoms with Gasteiger partial charge in [-0.15, -0.1) is 0 Å². The summed E-state index contributed by atoms with van der Waals surface area (Å²) in [6.45, 7) is 8.42. The Kier molecular flexibility index (Phi) is 9.07. The average molecular weight is 504 g/mol. The molecule has 10 heteroatoms. The summed E-state index contributed by atoms with van der Waals surface area (Å²) < 4.78 is 41.3. The topological polar surface area (TPSA) is 44.3 Å². The van der Waals surface area contributed by atoms with Crippen LogP contribution < -0.4 is 10.2 Å². The van der Waals surface area contributed by atoms with E-state index in [4.69, 9.17) is 23.2 Å². The molecule has 0 saturated carbocycles. The van der Waals surface area contributed by atoms with E-state index in [0.29, 0.717) is 34.7 Å².